The third-order valence-electron chi connectivity index (χ3n) is 1.96. The molecule has 0 radical (unpaired) electrons. The highest BCUT2D eigenvalue weighted by molar-refractivity contribution is 7.33. The smallest absolute Gasteiger partial charge is 0.311 e. The lowest BCUT2D eigenvalue weighted by atomic mass is 10.3. The summed E-state index contributed by atoms with van der Waals surface area (Å²) in [5, 5.41) is 0. The van der Waals surface area contributed by atoms with Crippen LogP contribution in [0.3, 0.4) is 0 Å². The predicted molar refractivity (Wildman–Crippen MR) is 60.3 cm³/mol. The zero-order chi connectivity index (χ0) is 11.6. The van der Waals surface area contributed by atoms with E-state index in [1.807, 2.05) is 0 Å². The molecule has 6 nitrogen and oxygen atoms in total. The maximum Gasteiger partial charge on any atom is 0.319 e. The first-order valence-electron chi connectivity index (χ1n) is 5.38. The van der Waals surface area contributed by atoms with Gasteiger partial charge in [-0.05, 0) is 25.7 Å². The van der Waals surface area contributed by atoms with Crippen molar-refractivity contribution in [3.8, 4) is 0 Å². The van der Waals surface area contributed by atoms with Crippen molar-refractivity contribution in [3.05, 3.63) is 0 Å². The second-order valence-electron chi connectivity index (χ2n) is 3.31. The van der Waals surface area contributed by atoms with Gasteiger partial charge >= 0.3 is 16.5 Å². The fraction of sp³-hybridized carbons (Fsp3) is 1.00. The van der Waals surface area contributed by atoms with Crippen LogP contribution in [0.5, 0.6) is 0 Å². The van der Waals surface area contributed by atoms with Crippen LogP contribution in [0.2, 0.25) is 0 Å². The van der Waals surface area contributed by atoms with Crippen LogP contribution in [0.4, 0.5) is 0 Å². The molecule has 0 aromatic rings. The Bertz CT molecular complexity index is 191. The molecule has 0 aromatic carbocycles. The molecule has 1 heterocycles. The van der Waals surface area contributed by atoms with Gasteiger partial charge in [-0.3, -0.25) is 9.13 Å². The molecule has 1 fully saturated rings. The Hall–Kier alpha value is 0.300. The Labute approximate surface area is 96.5 Å². The van der Waals surface area contributed by atoms with Crippen LogP contribution in [0, 0.1) is 0 Å². The molecule has 0 bridgehead atoms. The molecule has 8 heteroatoms. The summed E-state index contributed by atoms with van der Waals surface area (Å²) in [5.41, 5.74) is 0. The molecule has 0 atom stereocenters. The van der Waals surface area contributed by atoms with Gasteiger partial charge < -0.3 is 18.1 Å². The summed E-state index contributed by atoms with van der Waals surface area (Å²) in [6, 6.07) is 0. The quantitative estimate of drug-likeness (QED) is 0.630. The van der Waals surface area contributed by atoms with Crippen molar-refractivity contribution < 1.29 is 27.2 Å². The minimum absolute atomic E-state index is 0.378. The van der Waals surface area contributed by atoms with Crippen molar-refractivity contribution in [2.75, 3.05) is 26.4 Å². The summed E-state index contributed by atoms with van der Waals surface area (Å²) >= 11 is 0. The van der Waals surface area contributed by atoms with Gasteiger partial charge in [-0.25, -0.2) is 0 Å². The van der Waals surface area contributed by atoms with Gasteiger partial charge in [0.15, 0.2) is 0 Å². The standard InChI is InChI=1S/C8H18O6P2/c9-15-11-5-1-2-6-12-16(10)14-8-4-3-7-13-15/h15-16H,1-8H2. The molecule has 0 saturated carbocycles. The van der Waals surface area contributed by atoms with Gasteiger partial charge in [-0.1, -0.05) is 0 Å². The Balaban J connectivity index is 2.23. The average Bonchev–Trinajstić information content (AvgIpc) is 2.27. The molecular weight excluding hydrogens is 254 g/mol. The van der Waals surface area contributed by atoms with E-state index in [9.17, 15) is 9.13 Å². The van der Waals surface area contributed by atoms with Crippen molar-refractivity contribution in [2.45, 2.75) is 25.7 Å². The molecule has 96 valence electrons. The minimum atomic E-state index is -2.34. The highest BCUT2D eigenvalue weighted by Crippen LogP contribution is 2.27. The fourth-order valence-electron chi connectivity index (χ4n) is 1.11. The third-order valence-corrected chi connectivity index (χ3v) is 3.72. The van der Waals surface area contributed by atoms with Crippen LogP contribution in [0.25, 0.3) is 0 Å². The lowest BCUT2D eigenvalue weighted by Crippen LogP contribution is -1.98. The van der Waals surface area contributed by atoms with Crippen LogP contribution in [0.1, 0.15) is 25.7 Å². The van der Waals surface area contributed by atoms with Crippen LogP contribution >= 0.6 is 16.5 Å². The van der Waals surface area contributed by atoms with Crippen molar-refractivity contribution in [1.82, 2.24) is 0 Å². The first-order chi connectivity index (χ1) is 7.79. The largest absolute Gasteiger partial charge is 0.319 e. The Kier molecular flexibility index (Phi) is 8.39. The van der Waals surface area contributed by atoms with E-state index in [-0.39, 0.29) is 0 Å². The second-order valence-corrected chi connectivity index (χ2v) is 5.46. The summed E-state index contributed by atoms with van der Waals surface area (Å²) in [4.78, 5) is 0. The van der Waals surface area contributed by atoms with Crippen LogP contribution in [-0.2, 0) is 27.2 Å². The van der Waals surface area contributed by atoms with E-state index in [0.717, 1.165) is 0 Å². The predicted octanol–water partition coefficient (Wildman–Crippen LogP) is 2.41. The van der Waals surface area contributed by atoms with Crippen LogP contribution in [0.15, 0.2) is 0 Å². The maximum absolute atomic E-state index is 11.1. The number of hydrogen-bond donors (Lipinski definition) is 0. The Morgan fingerprint density at radius 2 is 0.812 bits per heavy atom. The molecule has 1 saturated heterocycles. The molecule has 1 rings (SSSR count). The van der Waals surface area contributed by atoms with Crippen molar-refractivity contribution in [1.29, 1.82) is 0 Å². The van der Waals surface area contributed by atoms with Gasteiger partial charge in [-0.2, -0.15) is 0 Å². The Morgan fingerprint density at radius 3 is 1.06 bits per heavy atom. The van der Waals surface area contributed by atoms with E-state index >= 15 is 0 Å². The van der Waals surface area contributed by atoms with Gasteiger partial charge in [0, 0.05) is 0 Å². The highest BCUT2D eigenvalue weighted by atomic mass is 31.1. The number of rotatable bonds is 0. The van der Waals surface area contributed by atoms with E-state index in [2.05, 4.69) is 0 Å². The normalized spacial score (nSPS) is 31.8. The second kappa shape index (κ2) is 9.34. The summed E-state index contributed by atoms with van der Waals surface area (Å²) in [7, 11) is -4.67. The van der Waals surface area contributed by atoms with Gasteiger partial charge in [0.25, 0.3) is 0 Å². The van der Waals surface area contributed by atoms with E-state index in [1.165, 1.54) is 0 Å². The van der Waals surface area contributed by atoms with Crippen LogP contribution in [-0.4, -0.2) is 26.4 Å². The molecule has 0 aliphatic carbocycles. The molecule has 0 N–H and O–H groups in total. The minimum Gasteiger partial charge on any atom is -0.311 e. The first-order valence-corrected chi connectivity index (χ1v) is 7.83. The molecule has 0 spiro atoms. The number of hydrogen-bond acceptors (Lipinski definition) is 6. The summed E-state index contributed by atoms with van der Waals surface area (Å²) in [5.74, 6) is 0. The summed E-state index contributed by atoms with van der Waals surface area (Å²) < 4.78 is 42.2. The SMILES string of the molecule is O=[PH]1OCCCCO[PH](=O)OCCCCO1. The monoisotopic (exact) mass is 272 g/mol. The van der Waals surface area contributed by atoms with Crippen LogP contribution < -0.4 is 0 Å². The van der Waals surface area contributed by atoms with E-state index in [1.54, 1.807) is 0 Å². The topological polar surface area (TPSA) is 71.1 Å². The molecule has 16 heavy (non-hydrogen) atoms. The summed E-state index contributed by atoms with van der Waals surface area (Å²) in [6.45, 7) is 1.51. The van der Waals surface area contributed by atoms with E-state index in [4.69, 9.17) is 18.1 Å². The molecule has 1 aliphatic rings. The fourth-order valence-corrected chi connectivity index (χ4v) is 2.52. The first kappa shape index (κ1) is 14.4. The van der Waals surface area contributed by atoms with Gasteiger partial charge in [0.1, 0.15) is 0 Å². The van der Waals surface area contributed by atoms with Gasteiger partial charge in [-0.15, -0.1) is 0 Å². The lowest BCUT2D eigenvalue weighted by molar-refractivity contribution is 0.185. The van der Waals surface area contributed by atoms with E-state index in [0.29, 0.717) is 52.1 Å². The zero-order valence-electron chi connectivity index (χ0n) is 9.11. The van der Waals surface area contributed by atoms with E-state index < -0.39 is 16.5 Å². The third kappa shape index (κ3) is 7.55. The Morgan fingerprint density at radius 1 is 0.562 bits per heavy atom. The molecular formula is C8H18O6P2. The average molecular weight is 272 g/mol. The zero-order valence-corrected chi connectivity index (χ0v) is 11.1. The highest BCUT2D eigenvalue weighted by Gasteiger charge is 2.03. The van der Waals surface area contributed by atoms with Crippen molar-refractivity contribution >= 4 is 16.5 Å². The van der Waals surface area contributed by atoms with Crippen molar-refractivity contribution in [2.24, 2.45) is 0 Å². The van der Waals surface area contributed by atoms with Crippen molar-refractivity contribution in [3.63, 3.8) is 0 Å². The molecule has 0 aromatic heterocycles. The summed E-state index contributed by atoms with van der Waals surface area (Å²) in [6.07, 6.45) is 2.81. The van der Waals surface area contributed by atoms with Gasteiger partial charge in [0.2, 0.25) is 0 Å². The maximum atomic E-state index is 11.1. The van der Waals surface area contributed by atoms with Gasteiger partial charge in [0.05, 0.1) is 26.4 Å². The molecule has 0 unspecified atom stereocenters. The lowest BCUT2D eigenvalue weighted by Gasteiger charge is -2.08. The molecule has 0 amide bonds. The molecule has 1 aliphatic heterocycles.